The maximum absolute atomic E-state index is 12.7. The van der Waals surface area contributed by atoms with E-state index >= 15 is 0 Å². The van der Waals surface area contributed by atoms with E-state index in [4.69, 9.17) is 23.2 Å². The van der Waals surface area contributed by atoms with Gasteiger partial charge in [0, 0.05) is 39.3 Å². The first-order valence-corrected chi connectivity index (χ1v) is 11.2. The van der Waals surface area contributed by atoms with E-state index < -0.39 is 0 Å². The molecular weight excluding hydrogens is 417 g/mol. The van der Waals surface area contributed by atoms with Crippen LogP contribution in [-0.4, -0.2) is 60.3 Å². The highest BCUT2D eigenvalue weighted by atomic mass is 35.5. The molecule has 9 heteroatoms. The molecule has 0 saturated carbocycles. The molecule has 150 valence electrons. The molecule has 2 aromatic rings. The number of piperazine rings is 1. The third kappa shape index (κ3) is 4.21. The molecule has 2 aromatic heterocycles. The minimum Gasteiger partial charge on any atom is -0.355 e. The molecule has 1 amide bonds. The Morgan fingerprint density at radius 2 is 1.57 bits per heavy atom. The minimum absolute atomic E-state index is 0.0615. The first-order chi connectivity index (χ1) is 13.5. The van der Waals surface area contributed by atoms with Crippen molar-refractivity contribution >= 4 is 52.1 Å². The highest BCUT2D eigenvalue weighted by molar-refractivity contribution is 7.20. The Morgan fingerprint density at radius 3 is 2.07 bits per heavy atom. The van der Waals surface area contributed by atoms with Gasteiger partial charge in [0.15, 0.2) is 11.6 Å². The lowest BCUT2D eigenvalue weighted by atomic mass is 9.99. The molecule has 0 bridgehead atoms. The van der Waals surface area contributed by atoms with Crippen molar-refractivity contribution in [2.45, 2.75) is 19.8 Å². The fourth-order valence-corrected chi connectivity index (χ4v) is 5.14. The van der Waals surface area contributed by atoms with Crippen molar-refractivity contribution in [1.29, 1.82) is 0 Å². The van der Waals surface area contributed by atoms with Gasteiger partial charge in [0.05, 0.1) is 9.90 Å². The van der Waals surface area contributed by atoms with E-state index in [9.17, 15) is 4.79 Å². The average molecular weight is 440 g/mol. The van der Waals surface area contributed by atoms with Crippen LogP contribution in [0.1, 0.15) is 30.1 Å². The monoisotopic (exact) mass is 439 g/mol. The molecule has 2 aliphatic heterocycles. The summed E-state index contributed by atoms with van der Waals surface area (Å²) < 4.78 is 0.983. The predicted molar refractivity (Wildman–Crippen MR) is 115 cm³/mol. The number of hydrogen-bond acceptors (Lipinski definition) is 6. The number of anilines is 2. The van der Waals surface area contributed by atoms with Crippen LogP contribution in [0.15, 0.2) is 18.2 Å². The Balaban J connectivity index is 1.35. The molecule has 0 radical (unpaired) electrons. The average Bonchev–Trinajstić information content (AvgIpc) is 3.06. The maximum atomic E-state index is 12.7. The van der Waals surface area contributed by atoms with Crippen LogP contribution in [0.25, 0.3) is 0 Å². The van der Waals surface area contributed by atoms with E-state index in [1.165, 1.54) is 24.2 Å². The molecule has 0 spiro atoms. The maximum Gasteiger partial charge on any atom is 0.256 e. The van der Waals surface area contributed by atoms with Gasteiger partial charge in [0.2, 0.25) is 0 Å². The van der Waals surface area contributed by atoms with Crippen LogP contribution in [0.2, 0.25) is 8.67 Å². The molecule has 0 N–H and O–H groups in total. The Kier molecular flexibility index (Phi) is 5.94. The molecule has 2 fully saturated rings. The number of hydrogen-bond donors (Lipinski definition) is 0. The van der Waals surface area contributed by atoms with Crippen molar-refractivity contribution in [3.8, 4) is 0 Å². The molecule has 4 rings (SSSR count). The van der Waals surface area contributed by atoms with Crippen LogP contribution < -0.4 is 9.80 Å². The lowest BCUT2D eigenvalue weighted by molar-refractivity contribution is 0.0747. The fourth-order valence-electron chi connectivity index (χ4n) is 3.69. The zero-order chi connectivity index (χ0) is 19.7. The molecule has 0 aliphatic carbocycles. The summed E-state index contributed by atoms with van der Waals surface area (Å²) in [5.74, 6) is 2.54. The van der Waals surface area contributed by atoms with Crippen LogP contribution in [0, 0.1) is 5.92 Å². The summed E-state index contributed by atoms with van der Waals surface area (Å²) in [5, 5.41) is 8.88. The minimum atomic E-state index is -0.0615. The van der Waals surface area contributed by atoms with Gasteiger partial charge < -0.3 is 14.7 Å². The molecule has 0 aromatic carbocycles. The summed E-state index contributed by atoms with van der Waals surface area (Å²) in [6.45, 7) is 7.08. The smallest absolute Gasteiger partial charge is 0.256 e. The standard InChI is InChI=1S/C19H23Cl2N5OS/c1-13-4-6-24(7-5-13)16-2-3-17(23-22-16)25-8-10-26(11-9-25)19(27)14-12-15(20)28-18(14)21/h2-3,12-13H,4-11H2,1H3. The van der Waals surface area contributed by atoms with E-state index in [1.807, 2.05) is 11.0 Å². The van der Waals surface area contributed by atoms with Gasteiger partial charge in [0.1, 0.15) is 4.34 Å². The normalized spacial score (nSPS) is 18.6. The van der Waals surface area contributed by atoms with E-state index in [0.717, 1.165) is 43.7 Å². The number of piperidine rings is 1. The molecule has 2 saturated heterocycles. The lowest BCUT2D eigenvalue weighted by Crippen LogP contribution is -2.49. The fraction of sp³-hybridized carbons (Fsp3) is 0.526. The quantitative estimate of drug-likeness (QED) is 0.721. The molecule has 2 aliphatic rings. The summed E-state index contributed by atoms with van der Waals surface area (Å²) in [7, 11) is 0. The second-order valence-electron chi connectivity index (χ2n) is 7.44. The molecule has 0 unspecified atom stereocenters. The highest BCUT2D eigenvalue weighted by Gasteiger charge is 2.26. The van der Waals surface area contributed by atoms with Gasteiger partial charge in [-0.15, -0.1) is 21.5 Å². The summed E-state index contributed by atoms with van der Waals surface area (Å²) in [5.41, 5.74) is 0.491. The van der Waals surface area contributed by atoms with Crippen LogP contribution >= 0.6 is 34.5 Å². The second-order valence-corrected chi connectivity index (χ2v) is 9.72. The first-order valence-electron chi connectivity index (χ1n) is 9.59. The third-order valence-electron chi connectivity index (χ3n) is 5.52. The molecule has 6 nitrogen and oxygen atoms in total. The topological polar surface area (TPSA) is 52.6 Å². The van der Waals surface area contributed by atoms with Gasteiger partial charge in [-0.25, -0.2) is 0 Å². The summed E-state index contributed by atoms with van der Waals surface area (Å²) in [4.78, 5) is 19.0. The van der Waals surface area contributed by atoms with Crippen LogP contribution in [0.4, 0.5) is 11.6 Å². The van der Waals surface area contributed by atoms with E-state index in [2.05, 4.69) is 33.0 Å². The Bertz CT molecular complexity index is 827. The number of rotatable bonds is 3. The summed E-state index contributed by atoms with van der Waals surface area (Å²) in [6, 6.07) is 5.74. The number of aromatic nitrogens is 2. The van der Waals surface area contributed by atoms with Gasteiger partial charge in [-0.05, 0) is 37.0 Å². The Labute approximate surface area is 179 Å². The number of thiophene rings is 1. The number of nitrogens with zero attached hydrogens (tertiary/aromatic N) is 5. The van der Waals surface area contributed by atoms with E-state index in [1.54, 1.807) is 6.07 Å². The Hall–Kier alpha value is -1.57. The summed E-state index contributed by atoms with van der Waals surface area (Å²) in [6.07, 6.45) is 2.41. The van der Waals surface area contributed by atoms with Gasteiger partial charge in [-0.3, -0.25) is 4.79 Å². The van der Waals surface area contributed by atoms with E-state index in [0.29, 0.717) is 27.3 Å². The zero-order valence-corrected chi connectivity index (χ0v) is 18.1. The molecule has 0 atom stereocenters. The number of carbonyl (C=O) groups excluding carboxylic acids is 1. The van der Waals surface area contributed by atoms with Crippen molar-refractivity contribution < 1.29 is 4.79 Å². The van der Waals surface area contributed by atoms with Crippen molar-refractivity contribution in [2.75, 3.05) is 49.1 Å². The number of halogens is 2. The van der Waals surface area contributed by atoms with E-state index in [-0.39, 0.29) is 5.91 Å². The summed E-state index contributed by atoms with van der Waals surface area (Å²) >= 11 is 13.3. The second kappa shape index (κ2) is 8.43. The number of amides is 1. The third-order valence-corrected chi connectivity index (χ3v) is 7.01. The van der Waals surface area contributed by atoms with Crippen LogP contribution in [0.5, 0.6) is 0 Å². The van der Waals surface area contributed by atoms with Crippen LogP contribution in [-0.2, 0) is 0 Å². The largest absolute Gasteiger partial charge is 0.355 e. The Morgan fingerprint density at radius 1 is 1.00 bits per heavy atom. The highest BCUT2D eigenvalue weighted by Crippen LogP contribution is 2.32. The van der Waals surface area contributed by atoms with Crippen molar-refractivity contribution in [3.63, 3.8) is 0 Å². The van der Waals surface area contributed by atoms with Crippen LogP contribution in [0.3, 0.4) is 0 Å². The predicted octanol–water partition coefficient (Wildman–Crippen LogP) is 4.04. The SMILES string of the molecule is CC1CCN(c2ccc(N3CCN(C(=O)c4cc(Cl)sc4Cl)CC3)nn2)CC1. The lowest BCUT2D eigenvalue weighted by Gasteiger charge is -2.35. The van der Waals surface area contributed by atoms with Crippen molar-refractivity contribution in [1.82, 2.24) is 15.1 Å². The first kappa shape index (κ1) is 19.7. The number of carbonyl (C=O) groups is 1. The van der Waals surface area contributed by atoms with Gasteiger partial charge in [-0.2, -0.15) is 0 Å². The van der Waals surface area contributed by atoms with Gasteiger partial charge >= 0.3 is 0 Å². The molecule has 4 heterocycles. The van der Waals surface area contributed by atoms with Gasteiger partial charge in [0.25, 0.3) is 5.91 Å². The molecule has 28 heavy (non-hydrogen) atoms. The molecular formula is C19H23Cl2N5OS. The van der Waals surface area contributed by atoms with Crippen molar-refractivity contribution in [2.24, 2.45) is 5.92 Å². The zero-order valence-electron chi connectivity index (χ0n) is 15.8. The van der Waals surface area contributed by atoms with Crippen molar-refractivity contribution in [3.05, 3.63) is 32.4 Å². The van der Waals surface area contributed by atoms with Gasteiger partial charge in [-0.1, -0.05) is 30.1 Å².